The highest BCUT2D eigenvalue weighted by molar-refractivity contribution is 5.91. The van der Waals surface area contributed by atoms with Crippen LogP contribution in [-0.2, 0) is 9.59 Å². The van der Waals surface area contributed by atoms with E-state index in [2.05, 4.69) is 10.2 Å². The summed E-state index contributed by atoms with van der Waals surface area (Å²) in [4.78, 5) is 28.5. The Labute approximate surface area is 121 Å². The lowest BCUT2D eigenvalue weighted by atomic mass is 9.72. The van der Waals surface area contributed by atoms with Gasteiger partial charge in [0.2, 0.25) is 11.8 Å². The number of likely N-dealkylation sites (tertiary alicyclic amines) is 1. The van der Waals surface area contributed by atoms with E-state index in [1.54, 1.807) is 11.9 Å². The smallest absolute Gasteiger partial charge is 0.244 e. The van der Waals surface area contributed by atoms with E-state index in [1.165, 1.54) is 6.42 Å². The molecule has 1 atom stereocenters. The zero-order valence-electron chi connectivity index (χ0n) is 12.9. The van der Waals surface area contributed by atoms with Crippen molar-refractivity contribution < 1.29 is 9.59 Å². The first-order chi connectivity index (χ1) is 9.44. The average molecular weight is 281 g/mol. The predicted molar refractivity (Wildman–Crippen MR) is 78.3 cm³/mol. The first-order valence-corrected chi connectivity index (χ1v) is 7.65. The Balaban J connectivity index is 2.05. The average Bonchev–Trinajstić information content (AvgIpc) is 2.71. The van der Waals surface area contributed by atoms with Gasteiger partial charge in [0.05, 0.1) is 5.41 Å². The maximum Gasteiger partial charge on any atom is 0.244 e. The molecule has 0 radical (unpaired) electrons. The third-order valence-corrected chi connectivity index (χ3v) is 4.64. The van der Waals surface area contributed by atoms with Crippen LogP contribution in [0.2, 0.25) is 0 Å². The van der Waals surface area contributed by atoms with Gasteiger partial charge in [0.1, 0.15) is 6.04 Å². The summed E-state index contributed by atoms with van der Waals surface area (Å²) in [5.41, 5.74) is -0.302. The standard InChI is InChI=1S/C15H27N3O2/c1-17(2)11-15(8-5-4-6-9-15)14(20)16-12-7-10-18(3)13(12)19/h12H,4-11H2,1-3H3,(H,16,20). The summed E-state index contributed by atoms with van der Waals surface area (Å²) in [5, 5.41) is 3.02. The van der Waals surface area contributed by atoms with Gasteiger partial charge in [0.25, 0.3) is 0 Å². The Bertz CT molecular complexity index is 375. The van der Waals surface area contributed by atoms with E-state index in [-0.39, 0.29) is 23.3 Å². The molecule has 114 valence electrons. The minimum Gasteiger partial charge on any atom is -0.344 e. The van der Waals surface area contributed by atoms with Crippen LogP contribution in [0.5, 0.6) is 0 Å². The molecular weight excluding hydrogens is 254 g/mol. The van der Waals surface area contributed by atoms with Gasteiger partial charge in [-0.15, -0.1) is 0 Å². The Hall–Kier alpha value is -1.10. The van der Waals surface area contributed by atoms with Gasteiger partial charge in [-0.1, -0.05) is 19.3 Å². The number of nitrogens with zero attached hydrogens (tertiary/aromatic N) is 2. The molecule has 0 bridgehead atoms. The molecule has 2 rings (SSSR count). The van der Waals surface area contributed by atoms with E-state index in [0.717, 1.165) is 45.2 Å². The first-order valence-electron chi connectivity index (χ1n) is 7.65. The van der Waals surface area contributed by atoms with Crippen LogP contribution in [0.4, 0.5) is 0 Å². The molecule has 1 saturated carbocycles. The zero-order valence-corrected chi connectivity index (χ0v) is 12.9. The van der Waals surface area contributed by atoms with Crippen molar-refractivity contribution >= 4 is 11.8 Å². The Morgan fingerprint density at radius 1 is 1.35 bits per heavy atom. The van der Waals surface area contributed by atoms with Crippen molar-refractivity contribution in [1.29, 1.82) is 0 Å². The largest absolute Gasteiger partial charge is 0.344 e. The topological polar surface area (TPSA) is 52.7 Å². The quantitative estimate of drug-likeness (QED) is 0.831. The van der Waals surface area contributed by atoms with Gasteiger partial charge in [-0.2, -0.15) is 0 Å². The van der Waals surface area contributed by atoms with Gasteiger partial charge in [0.15, 0.2) is 0 Å². The highest BCUT2D eigenvalue weighted by atomic mass is 16.2. The molecule has 0 aromatic rings. The summed E-state index contributed by atoms with van der Waals surface area (Å²) in [6, 6.07) is -0.312. The number of amides is 2. The Morgan fingerprint density at radius 2 is 2.00 bits per heavy atom. The molecule has 0 aromatic carbocycles. The summed E-state index contributed by atoms with van der Waals surface area (Å²) < 4.78 is 0. The molecule has 0 spiro atoms. The molecule has 2 aliphatic rings. The fourth-order valence-corrected chi connectivity index (χ4v) is 3.56. The van der Waals surface area contributed by atoms with Gasteiger partial charge in [-0.25, -0.2) is 0 Å². The second kappa shape index (κ2) is 6.12. The lowest BCUT2D eigenvalue weighted by Gasteiger charge is -2.38. The number of carbonyl (C=O) groups is 2. The Morgan fingerprint density at radius 3 is 2.50 bits per heavy atom. The van der Waals surface area contributed by atoms with Crippen molar-refractivity contribution in [3.8, 4) is 0 Å². The fraction of sp³-hybridized carbons (Fsp3) is 0.867. The molecule has 5 heteroatoms. The molecule has 1 N–H and O–H groups in total. The predicted octanol–water partition coefficient (Wildman–Crippen LogP) is 0.845. The first kappa shape index (κ1) is 15.3. The van der Waals surface area contributed by atoms with E-state index in [9.17, 15) is 9.59 Å². The number of hydrogen-bond donors (Lipinski definition) is 1. The van der Waals surface area contributed by atoms with Crippen LogP contribution in [0.1, 0.15) is 38.5 Å². The van der Waals surface area contributed by atoms with Crippen LogP contribution in [0, 0.1) is 5.41 Å². The summed E-state index contributed by atoms with van der Waals surface area (Å²) >= 11 is 0. The van der Waals surface area contributed by atoms with Crippen molar-refractivity contribution in [2.75, 3.05) is 34.2 Å². The number of likely N-dealkylation sites (N-methyl/N-ethyl adjacent to an activating group) is 1. The molecule has 1 heterocycles. The molecule has 1 unspecified atom stereocenters. The van der Waals surface area contributed by atoms with Crippen LogP contribution in [-0.4, -0.2) is 61.9 Å². The van der Waals surface area contributed by atoms with Gasteiger partial charge < -0.3 is 15.1 Å². The number of nitrogens with one attached hydrogen (secondary N) is 1. The molecular formula is C15H27N3O2. The van der Waals surface area contributed by atoms with Gasteiger partial charge >= 0.3 is 0 Å². The van der Waals surface area contributed by atoms with Crippen molar-refractivity contribution in [3.63, 3.8) is 0 Å². The van der Waals surface area contributed by atoms with Crippen LogP contribution in [0.25, 0.3) is 0 Å². The number of carbonyl (C=O) groups excluding carboxylic acids is 2. The highest BCUT2D eigenvalue weighted by Crippen LogP contribution is 2.37. The second-order valence-corrected chi connectivity index (χ2v) is 6.65. The second-order valence-electron chi connectivity index (χ2n) is 6.65. The zero-order chi connectivity index (χ0) is 14.8. The highest BCUT2D eigenvalue weighted by Gasteiger charge is 2.42. The van der Waals surface area contributed by atoms with Crippen LogP contribution in [0.15, 0.2) is 0 Å². The van der Waals surface area contributed by atoms with Gasteiger partial charge in [0, 0.05) is 20.1 Å². The lowest BCUT2D eigenvalue weighted by molar-refractivity contribution is -0.138. The maximum atomic E-state index is 12.8. The number of hydrogen-bond acceptors (Lipinski definition) is 3. The van der Waals surface area contributed by atoms with Crippen molar-refractivity contribution in [3.05, 3.63) is 0 Å². The molecule has 20 heavy (non-hydrogen) atoms. The van der Waals surface area contributed by atoms with E-state index in [4.69, 9.17) is 0 Å². The molecule has 1 aliphatic carbocycles. The van der Waals surface area contributed by atoms with E-state index in [0.29, 0.717) is 0 Å². The van der Waals surface area contributed by atoms with Gasteiger partial charge in [-0.05, 0) is 33.4 Å². The van der Waals surface area contributed by atoms with Crippen molar-refractivity contribution in [2.45, 2.75) is 44.6 Å². The molecule has 1 aliphatic heterocycles. The van der Waals surface area contributed by atoms with Gasteiger partial charge in [-0.3, -0.25) is 9.59 Å². The van der Waals surface area contributed by atoms with Crippen LogP contribution in [0.3, 0.4) is 0 Å². The molecule has 2 amide bonds. The summed E-state index contributed by atoms with van der Waals surface area (Å²) in [7, 11) is 5.82. The monoisotopic (exact) mass is 281 g/mol. The summed E-state index contributed by atoms with van der Waals surface area (Å²) in [6.07, 6.45) is 6.05. The van der Waals surface area contributed by atoms with Crippen molar-refractivity contribution in [1.82, 2.24) is 15.1 Å². The maximum absolute atomic E-state index is 12.8. The Kier molecular flexibility index (Phi) is 4.68. The molecule has 0 aromatic heterocycles. The van der Waals surface area contributed by atoms with E-state index >= 15 is 0 Å². The fourth-order valence-electron chi connectivity index (χ4n) is 3.56. The van der Waals surface area contributed by atoms with Crippen LogP contribution < -0.4 is 5.32 Å². The van der Waals surface area contributed by atoms with E-state index < -0.39 is 0 Å². The molecule has 1 saturated heterocycles. The molecule has 2 fully saturated rings. The minimum absolute atomic E-state index is 0.0502. The van der Waals surface area contributed by atoms with E-state index in [1.807, 2.05) is 14.1 Å². The number of rotatable bonds is 4. The third-order valence-electron chi connectivity index (χ3n) is 4.64. The normalized spacial score (nSPS) is 26.1. The lowest BCUT2D eigenvalue weighted by Crippen LogP contribution is -2.52. The minimum atomic E-state index is -0.312. The summed E-state index contributed by atoms with van der Waals surface area (Å²) in [5.74, 6) is 0.133. The SMILES string of the molecule is CN(C)CC1(C(=O)NC2CCN(C)C2=O)CCCCC1. The molecule has 5 nitrogen and oxygen atoms in total. The third kappa shape index (κ3) is 3.14. The van der Waals surface area contributed by atoms with Crippen molar-refractivity contribution in [2.24, 2.45) is 5.41 Å². The summed E-state index contributed by atoms with van der Waals surface area (Å²) in [6.45, 7) is 1.51. The van der Waals surface area contributed by atoms with Crippen LogP contribution >= 0.6 is 0 Å².